The minimum absolute atomic E-state index is 0.154. The summed E-state index contributed by atoms with van der Waals surface area (Å²) in [4.78, 5) is 8.00. The Balaban J connectivity index is 2.47. The normalized spacial score (nSPS) is 11.8. The maximum absolute atomic E-state index is 12.0. The first-order valence-electron chi connectivity index (χ1n) is 4.55. The summed E-state index contributed by atoms with van der Waals surface area (Å²) in [7, 11) is 0. The predicted molar refractivity (Wildman–Crippen MR) is 56.0 cm³/mol. The lowest BCUT2D eigenvalue weighted by Gasteiger charge is -2.09. The lowest BCUT2D eigenvalue weighted by atomic mass is 10.3. The second-order valence-electron chi connectivity index (χ2n) is 3.30. The van der Waals surface area contributed by atoms with Gasteiger partial charge in [0.05, 0.1) is 16.7 Å². The first kappa shape index (κ1) is 11.9. The number of rotatable bonds is 1. The summed E-state index contributed by atoms with van der Waals surface area (Å²) in [6.45, 7) is 1.66. The highest BCUT2D eigenvalue weighted by Gasteiger charge is 2.31. The van der Waals surface area contributed by atoms with Crippen molar-refractivity contribution in [3.8, 4) is 5.75 Å². The van der Waals surface area contributed by atoms with Crippen molar-refractivity contribution in [2.45, 2.75) is 13.3 Å². The van der Waals surface area contributed by atoms with E-state index < -0.39 is 6.36 Å². The average molecular weight is 263 g/mol. The third-order valence-electron chi connectivity index (χ3n) is 1.99. The lowest BCUT2D eigenvalue weighted by Crippen LogP contribution is -2.17. The van der Waals surface area contributed by atoms with E-state index in [1.54, 1.807) is 6.92 Å². The maximum Gasteiger partial charge on any atom is 0.573 e. The van der Waals surface area contributed by atoms with Gasteiger partial charge in [0, 0.05) is 6.07 Å². The fourth-order valence-electron chi connectivity index (χ4n) is 1.30. The zero-order valence-electron chi connectivity index (χ0n) is 8.55. The van der Waals surface area contributed by atoms with Crippen LogP contribution in [0.1, 0.15) is 5.69 Å². The third kappa shape index (κ3) is 2.76. The molecule has 0 aliphatic heterocycles. The van der Waals surface area contributed by atoms with Gasteiger partial charge >= 0.3 is 6.36 Å². The number of ether oxygens (including phenoxy) is 1. The van der Waals surface area contributed by atoms with Gasteiger partial charge in [-0.25, -0.2) is 9.97 Å². The van der Waals surface area contributed by atoms with Crippen molar-refractivity contribution in [3.63, 3.8) is 0 Å². The fourth-order valence-corrected chi connectivity index (χ4v) is 1.43. The molecule has 0 spiro atoms. The van der Waals surface area contributed by atoms with Gasteiger partial charge in [-0.05, 0) is 19.1 Å². The minimum atomic E-state index is -4.73. The van der Waals surface area contributed by atoms with Crippen molar-refractivity contribution in [1.82, 2.24) is 9.97 Å². The SMILES string of the molecule is Cc1nc2ccc(OC(F)(F)F)cc2nc1Cl. The largest absolute Gasteiger partial charge is 0.573 e. The zero-order chi connectivity index (χ0) is 12.6. The fraction of sp³-hybridized carbons (Fsp3) is 0.200. The van der Waals surface area contributed by atoms with E-state index in [1.807, 2.05) is 0 Å². The molecule has 0 aliphatic rings. The summed E-state index contributed by atoms with van der Waals surface area (Å²) in [5.74, 6) is -0.348. The zero-order valence-corrected chi connectivity index (χ0v) is 9.30. The number of hydrogen-bond acceptors (Lipinski definition) is 3. The van der Waals surface area contributed by atoms with E-state index in [4.69, 9.17) is 11.6 Å². The van der Waals surface area contributed by atoms with Crippen LogP contribution in [0, 0.1) is 6.92 Å². The Morgan fingerprint density at radius 1 is 1.18 bits per heavy atom. The first-order chi connectivity index (χ1) is 7.85. The Bertz CT molecular complexity index is 571. The summed E-state index contributed by atoms with van der Waals surface area (Å²) in [6, 6.07) is 3.71. The smallest absolute Gasteiger partial charge is 0.406 e. The molecule has 0 bridgehead atoms. The van der Waals surface area contributed by atoms with Crippen LogP contribution in [0.3, 0.4) is 0 Å². The molecule has 0 saturated heterocycles. The standard InChI is InChI=1S/C10H6ClF3N2O/c1-5-9(11)16-8-4-6(17-10(12,13)14)2-3-7(8)15-5/h2-4H,1H3. The van der Waals surface area contributed by atoms with Crippen LogP contribution in [0.5, 0.6) is 5.75 Å². The molecule has 7 heteroatoms. The third-order valence-corrected chi connectivity index (χ3v) is 2.34. The molecule has 0 unspecified atom stereocenters. The van der Waals surface area contributed by atoms with Crippen molar-refractivity contribution in [2.75, 3.05) is 0 Å². The highest BCUT2D eigenvalue weighted by molar-refractivity contribution is 6.30. The second-order valence-corrected chi connectivity index (χ2v) is 3.66. The molecule has 0 fully saturated rings. The summed E-state index contributed by atoms with van der Waals surface area (Å²) >= 11 is 5.74. The Morgan fingerprint density at radius 2 is 1.88 bits per heavy atom. The molecule has 1 heterocycles. The second kappa shape index (κ2) is 4.03. The van der Waals surface area contributed by atoms with E-state index in [-0.39, 0.29) is 16.4 Å². The number of alkyl halides is 3. The van der Waals surface area contributed by atoms with Gasteiger partial charge in [0.15, 0.2) is 5.15 Å². The van der Waals surface area contributed by atoms with Crippen LogP contribution in [0.25, 0.3) is 11.0 Å². The molecular weight excluding hydrogens is 257 g/mol. The summed E-state index contributed by atoms with van der Waals surface area (Å²) in [6.07, 6.45) is -4.73. The van der Waals surface area contributed by atoms with Crippen molar-refractivity contribution in [1.29, 1.82) is 0 Å². The molecule has 0 atom stereocenters. The molecule has 0 aliphatic carbocycles. The van der Waals surface area contributed by atoms with Gasteiger partial charge in [0.25, 0.3) is 0 Å². The molecule has 0 amide bonds. The van der Waals surface area contributed by atoms with Gasteiger partial charge in [-0.15, -0.1) is 13.2 Å². The Hall–Kier alpha value is -1.56. The van der Waals surface area contributed by atoms with Gasteiger partial charge in [-0.1, -0.05) is 11.6 Å². The maximum atomic E-state index is 12.0. The van der Waals surface area contributed by atoms with Crippen molar-refractivity contribution in [3.05, 3.63) is 29.0 Å². The highest BCUT2D eigenvalue weighted by atomic mass is 35.5. The molecule has 0 N–H and O–H groups in total. The van der Waals surface area contributed by atoms with E-state index in [1.165, 1.54) is 12.1 Å². The monoisotopic (exact) mass is 262 g/mol. The van der Waals surface area contributed by atoms with Crippen LogP contribution in [-0.2, 0) is 0 Å². The topological polar surface area (TPSA) is 35.0 Å². The Labute approximate surface area is 99.2 Å². The number of aromatic nitrogens is 2. The van der Waals surface area contributed by atoms with Crippen molar-refractivity contribution >= 4 is 22.6 Å². The number of benzene rings is 1. The van der Waals surface area contributed by atoms with Crippen molar-refractivity contribution < 1.29 is 17.9 Å². The molecule has 3 nitrogen and oxygen atoms in total. The van der Waals surface area contributed by atoms with E-state index >= 15 is 0 Å². The summed E-state index contributed by atoms with van der Waals surface area (Å²) in [5, 5.41) is 0.154. The molecular formula is C10H6ClF3N2O. The number of nitrogens with zero attached hydrogens (tertiary/aromatic N) is 2. The van der Waals surface area contributed by atoms with E-state index in [0.717, 1.165) is 6.07 Å². The van der Waals surface area contributed by atoms with Crippen LogP contribution in [0.15, 0.2) is 18.2 Å². The van der Waals surface area contributed by atoms with E-state index in [2.05, 4.69) is 14.7 Å². The molecule has 1 aromatic carbocycles. The molecule has 2 aromatic rings. The molecule has 1 aromatic heterocycles. The summed E-state index contributed by atoms with van der Waals surface area (Å²) in [5.41, 5.74) is 1.23. The van der Waals surface area contributed by atoms with Crippen molar-refractivity contribution in [2.24, 2.45) is 0 Å². The molecule has 90 valence electrons. The first-order valence-corrected chi connectivity index (χ1v) is 4.92. The van der Waals surface area contributed by atoms with E-state index in [9.17, 15) is 13.2 Å². The summed E-state index contributed by atoms with van der Waals surface area (Å²) < 4.78 is 39.8. The van der Waals surface area contributed by atoms with Crippen LogP contribution in [0.2, 0.25) is 5.15 Å². The Morgan fingerprint density at radius 3 is 2.53 bits per heavy atom. The molecule has 0 radical (unpaired) electrons. The number of aryl methyl sites for hydroxylation is 1. The molecule has 2 rings (SSSR count). The molecule has 0 saturated carbocycles. The quantitative estimate of drug-likeness (QED) is 0.789. The minimum Gasteiger partial charge on any atom is -0.406 e. The van der Waals surface area contributed by atoms with Crippen LogP contribution >= 0.6 is 11.6 Å². The van der Waals surface area contributed by atoms with Gasteiger partial charge in [-0.2, -0.15) is 0 Å². The Kier molecular flexibility index (Phi) is 2.82. The molecule has 17 heavy (non-hydrogen) atoms. The predicted octanol–water partition coefficient (Wildman–Crippen LogP) is 3.49. The van der Waals surface area contributed by atoms with Crippen LogP contribution in [0.4, 0.5) is 13.2 Å². The van der Waals surface area contributed by atoms with Crippen LogP contribution < -0.4 is 4.74 Å². The highest BCUT2D eigenvalue weighted by Crippen LogP contribution is 2.26. The number of halogens is 4. The van der Waals surface area contributed by atoms with Gasteiger partial charge in [0.1, 0.15) is 5.75 Å². The van der Waals surface area contributed by atoms with Crippen LogP contribution in [-0.4, -0.2) is 16.3 Å². The van der Waals surface area contributed by atoms with Gasteiger partial charge in [0.2, 0.25) is 0 Å². The lowest BCUT2D eigenvalue weighted by molar-refractivity contribution is -0.274. The van der Waals surface area contributed by atoms with Gasteiger partial charge < -0.3 is 4.74 Å². The van der Waals surface area contributed by atoms with E-state index in [0.29, 0.717) is 11.2 Å². The number of hydrogen-bond donors (Lipinski definition) is 0. The number of fused-ring (bicyclic) bond motifs is 1. The van der Waals surface area contributed by atoms with Gasteiger partial charge in [-0.3, -0.25) is 0 Å². The average Bonchev–Trinajstić information content (AvgIpc) is 2.18.